The minimum Gasteiger partial charge on any atom is -0.356 e. The van der Waals surface area contributed by atoms with Crippen LogP contribution in [0.4, 0.5) is 0 Å². The quantitative estimate of drug-likeness (QED) is 0.353. The van der Waals surface area contributed by atoms with Gasteiger partial charge in [0.15, 0.2) is 11.8 Å². The van der Waals surface area contributed by atoms with Crippen LogP contribution in [0.25, 0.3) is 0 Å². The summed E-state index contributed by atoms with van der Waals surface area (Å²) in [5, 5.41) is 15.3. The zero-order valence-electron chi connectivity index (χ0n) is 18.7. The standard InChI is InChI=1S/C22H36N6S/c1-7-18-9-11-19(12-10-18)22(3,4)16-25-21(23-13-8-14-29-6)24-15-20-27-26-17(2)28(20)5/h9-12H,7-8,13-16H2,1-6H3,(H2,23,24,25). The van der Waals surface area contributed by atoms with Crippen LogP contribution in [0.3, 0.4) is 0 Å². The molecule has 2 N–H and O–H groups in total. The lowest BCUT2D eigenvalue weighted by Gasteiger charge is -2.27. The Kier molecular flexibility index (Phi) is 9.01. The van der Waals surface area contributed by atoms with Crippen LogP contribution >= 0.6 is 11.8 Å². The Labute approximate surface area is 180 Å². The molecular weight excluding hydrogens is 380 g/mol. The molecule has 1 aromatic heterocycles. The molecule has 0 spiro atoms. The molecule has 0 radical (unpaired) electrons. The van der Waals surface area contributed by atoms with Gasteiger partial charge in [0.25, 0.3) is 0 Å². The Balaban J connectivity index is 2.04. The molecule has 1 heterocycles. The molecule has 2 aromatic rings. The average Bonchev–Trinajstić information content (AvgIpc) is 3.04. The van der Waals surface area contributed by atoms with Crippen molar-refractivity contribution in [3.63, 3.8) is 0 Å². The van der Waals surface area contributed by atoms with Gasteiger partial charge in [-0.25, -0.2) is 4.99 Å². The van der Waals surface area contributed by atoms with Crippen molar-refractivity contribution >= 4 is 17.7 Å². The lowest BCUT2D eigenvalue weighted by Crippen LogP contribution is -2.44. The lowest BCUT2D eigenvalue weighted by molar-refractivity contribution is 0.508. The number of aliphatic imine (C=N–C) groups is 1. The zero-order chi connectivity index (χ0) is 21.3. The Morgan fingerprint density at radius 2 is 1.90 bits per heavy atom. The van der Waals surface area contributed by atoms with Gasteiger partial charge in [-0.2, -0.15) is 11.8 Å². The summed E-state index contributed by atoms with van der Waals surface area (Å²) in [6.07, 6.45) is 4.31. The maximum absolute atomic E-state index is 4.75. The van der Waals surface area contributed by atoms with Crippen molar-refractivity contribution in [2.24, 2.45) is 12.0 Å². The highest BCUT2D eigenvalue weighted by Crippen LogP contribution is 2.22. The van der Waals surface area contributed by atoms with Crippen molar-refractivity contribution in [2.45, 2.75) is 52.5 Å². The first kappa shape index (κ1) is 23.3. The SMILES string of the molecule is CCc1ccc(C(C)(C)CNC(=NCc2nnc(C)n2C)NCCCSC)cc1. The number of nitrogens with one attached hydrogen (secondary N) is 2. The van der Waals surface area contributed by atoms with Crippen molar-refractivity contribution in [3.8, 4) is 0 Å². The van der Waals surface area contributed by atoms with E-state index in [4.69, 9.17) is 4.99 Å². The van der Waals surface area contributed by atoms with E-state index in [0.717, 1.165) is 49.3 Å². The predicted molar refractivity (Wildman–Crippen MR) is 125 cm³/mol. The first-order chi connectivity index (χ1) is 13.9. The summed E-state index contributed by atoms with van der Waals surface area (Å²) in [4.78, 5) is 4.75. The second kappa shape index (κ2) is 11.2. The number of nitrogens with zero attached hydrogens (tertiary/aromatic N) is 4. The van der Waals surface area contributed by atoms with Gasteiger partial charge in [0, 0.05) is 25.6 Å². The smallest absolute Gasteiger partial charge is 0.191 e. The number of aryl methyl sites for hydroxylation is 2. The Morgan fingerprint density at radius 1 is 1.17 bits per heavy atom. The second-order valence-electron chi connectivity index (χ2n) is 7.95. The summed E-state index contributed by atoms with van der Waals surface area (Å²) in [6.45, 7) is 10.9. The van der Waals surface area contributed by atoms with E-state index in [9.17, 15) is 0 Å². The third-order valence-corrected chi connectivity index (χ3v) is 5.92. The molecule has 29 heavy (non-hydrogen) atoms. The molecule has 0 aliphatic rings. The number of guanidine groups is 1. The Bertz CT molecular complexity index is 779. The van der Waals surface area contributed by atoms with Crippen molar-refractivity contribution in [3.05, 3.63) is 47.0 Å². The molecular formula is C22H36N6S. The number of hydrogen-bond acceptors (Lipinski definition) is 4. The van der Waals surface area contributed by atoms with E-state index in [1.54, 1.807) is 0 Å². The topological polar surface area (TPSA) is 67.1 Å². The molecule has 0 unspecified atom stereocenters. The van der Waals surface area contributed by atoms with Crippen LogP contribution < -0.4 is 10.6 Å². The van der Waals surface area contributed by atoms with Gasteiger partial charge in [-0.1, -0.05) is 45.0 Å². The van der Waals surface area contributed by atoms with Gasteiger partial charge in [-0.05, 0) is 42.9 Å². The molecule has 0 saturated heterocycles. The summed E-state index contributed by atoms with van der Waals surface area (Å²) in [7, 11) is 1.97. The summed E-state index contributed by atoms with van der Waals surface area (Å²) < 4.78 is 1.98. The number of hydrogen-bond donors (Lipinski definition) is 2. The van der Waals surface area contributed by atoms with Crippen LogP contribution in [0, 0.1) is 6.92 Å². The van der Waals surface area contributed by atoms with Crippen molar-refractivity contribution in [1.29, 1.82) is 0 Å². The van der Waals surface area contributed by atoms with E-state index >= 15 is 0 Å². The van der Waals surface area contributed by atoms with E-state index < -0.39 is 0 Å². The molecule has 0 aliphatic heterocycles. The minimum atomic E-state index is -0.00460. The van der Waals surface area contributed by atoms with Crippen LogP contribution in [0.1, 0.15) is 50.0 Å². The van der Waals surface area contributed by atoms with E-state index in [-0.39, 0.29) is 5.41 Å². The lowest BCUT2D eigenvalue weighted by atomic mass is 9.84. The molecule has 0 bridgehead atoms. The largest absolute Gasteiger partial charge is 0.356 e. The highest BCUT2D eigenvalue weighted by Gasteiger charge is 2.21. The van der Waals surface area contributed by atoms with Gasteiger partial charge in [0.1, 0.15) is 12.4 Å². The van der Waals surface area contributed by atoms with Gasteiger partial charge in [0.2, 0.25) is 0 Å². The van der Waals surface area contributed by atoms with Crippen LogP contribution in [0.2, 0.25) is 0 Å². The number of rotatable bonds is 10. The van der Waals surface area contributed by atoms with E-state index in [1.165, 1.54) is 11.1 Å². The summed E-state index contributed by atoms with van der Waals surface area (Å²) in [6, 6.07) is 8.93. The number of benzene rings is 1. The zero-order valence-corrected chi connectivity index (χ0v) is 19.6. The first-order valence-electron chi connectivity index (χ1n) is 10.3. The van der Waals surface area contributed by atoms with Gasteiger partial charge >= 0.3 is 0 Å². The molecule has 7 heteroatoms. The highest BCUT2D eigenvalue weighted by atomic mass is 32.2. The van der Waals surface area contributed by atoms with E-state index in [2.05, 4.69) is 72.1 Å². The van der Waals surface area contributed by atoms with E-state index in [0.29, 0.717) is 6.54 Å². The normalized spacial score (nSPS) is 12.3. The van der Waals surface area contributed by atoms with Crippen molar-refractivity contribution < 1.29 is 0 Å². The summed E-state index contributed by atoms with van der Waals surface area (Å²) in [5.74, 6) is 3.72. The third kappa shape index (κ3) is 7.07. The maximum atomic E-state index is 4.75. The molecule has 0 aliphatic carbocycles. The fraction of sp³-hybridized carbons (Fsp3) is 0.591. The fourth-order valence-corrected chi connectivity index (χ4v) is 3.37. The predicted octanol–water partition coefficient (Wildman–Crippen LogP) is 3.45. The van der Waals surface area contributed by atoms with Crippen molar-refractivity contribution in [1.82, 2.24) is 25.4 Å². The van der Waals surface area contributed by atoms with Gasteiger partial charge < -0.3 is 15.2 Å². The Hall–Kier alpha value is -2.02. The molecule has 2 rings (SSSR count). The second-order valence-corrected chi connectivity index (χ2v) is 8.93. The molecule has 0 amide bonds. The van der Waals surface area contributed by atoms with Crippen LogP contribution in [-0.2, 0) is 25.4 Å². The van der Waals surface area contributed by atoms with Gasteiger partial charge in [-0.3, -0.25) is 0 Å². The number of thioether (sulfide) groups is 1. The van der Waals surface area contributed by atoms with Crippen LogP contribution in [0.15, 0.2) is 29.3 Å². The van der Waals surface area contributed by atoms with Crippen LogP contribution in [-0.4, -0.2) is 45.8 Å². The monoisotopic (exact) mass is 416 g/mol. The molecule has 0 fully saturated rings. The van der Waals surface area contributed by atoms with Crippen LogP contribution in [0.5, 0.6) is 0 Å². The maximum Gasteiger partial charge on any atom is 0.191 e. The third-order valence-electron chi connectivity index (χ3n) is 5.22. The fourth-order valence-electron chi connectivity index (χ4n) is 2.93. The highest BCUT2D eigenvalue weighted by molar-refractivity contribution is 7.98. The summed E-state index contributed by atoms with van der Waals surface area (Å²) >= 11 is 1.86. The molecule has 160 valence electrons. The molecule has 6 nitrogen and oxygen atoms in total. The minimum absolute atomic E-state index is 0.00460. The van der Waals surface area contributed by atoms with Gasteiger partial charge in [-0.15, -0.1) is 10.2 Å². The molecule has 1 aromatic carbocycles. The summed E-state index contributed by atoms with van der Waals surface area (Å²) in [5.41, 5.74) is 2.69. The molecule has 0 atom stereocenters. The van der Waals surface area contributed by atoms with E-state index in [1.807, 2.05) is 30.3 Å². The van der Waals surface area contributed by atoms with Crippen molar-refractivity contribution in [2.75, 3.05) is 25.1 Å². The number of aromatic nitrogens is 3. The molecule has 0 saturated carbocycles. The van der Waals surface area contributed by atoms with Gasteiger partial charge in [0.05, 0.1) is 0 Å². The Morgan fingerprint density at radius 3 is 2.48 bits per heavy atom. The average molecular weight is 417 g/mol. The first-order valence-corrected chi connectivity index (χ1v) is 11.7.